The van der Waals surface area contributed by atoms with E-state index in [0.717, 1.165) is 43.4 Å². The van der Waals surface area contributed by atoms with Crippen molar-refractivity contribution in [3.05, 3.63) is 172 Å². The van der Waals surface area contributed by atoms with E-state index in [-0.39, 0.29) is 17.6 Å². The van der Waals surface area contributed by atoms with Crippen LogP contribution < -0.4 is 31.6 Å². The molecule has 1 aromatic heterocycles. The number of hydroxylamine groups is 4. The second-order valence-corrected chi connectivity index (χ2v) is 17.9. The molecule has 3 aliphatic rings. The number of guanidine groups is 3. The van der Waals surface area contributed by atoms with Crippen LogP contribution in [0, 0.1) is 0 Å². The molecule has 9 rings (SSSR count). The number of aliphatic imine (C=N–C) groups is 3. The predicted octanol–water partition coefficient (Wildman–Crippen LogP) is 8.61. The molecule has 0 fully saturated rings. The Bertz CT molecular complexity index is 2930. The first-order valence-electron chi connectivity index (χ1n) is 22.2. The molecule has 3 aliphatic heterocycles. The van der Waals surface area contributed by atoms with Crippen molar-refractivity contribution >= 4 is 39.7 Å². The van der Waals surface area contributed by atoms with Crippen molar-refractivity contribution in [2.45, 2.75) is 43.8 Å². The van der Waals surface area contributed by atoms with Crippen LogP contribution in [-0.4, -0.2) is 86.2 Å². The van der Waals surface area contributed by atoms with E-state index >= 15 is 0 Å². The normalized spacial score (nSPS) is 20.3. The highest BCUT2D eigenvalue weighted by atomic mass is 79.9. The highest BCUT2D eigenvalue weighted by Crippen LogP contribution is 2.37. The van der Waals surface area contributed by atoms with Gasteiger partial charge < -0.3 is 26.3 Å². The Kier molecular flexibility index (Phi) is 15.7. The Hall–Kier alpha value is -7.48. The maximum Gasteiger partial charge on any atom is 0.573 e. The van der Waals surface area contributed by atoms with Gasteiger partial charge in [0.1, 0.15) is 22.4 Å². The number of ether oxygens (including phenoxy) is 2. The first-order chi connectivity index (χ1) is 33.9. The lowest BCUT2D eigenvalue weighted by Crippen LogP contribution is -2.48. The van der Waals surface area contributed by atoms with E-state index in [9.17, 15) is 18.0 Å². The Balaban J connectivity index is 0.000000157. The molecule has 19 heteroatoms. The second-order valence-electron chi connectivity index (χ2n) is 17.0. The summed E-state index contributed by atoms with van der Waals surface area (Å²) in [6.07, 6.45) is -2.93. The van der Waals surface area contributed by atoms with E-state index in [0.29, 0.717) is 43.0 Å². The number of hydrogen-bond acceptors (Lipinski definition) is 14. The Morgan fingerprint density at radius 3 is 1.73 bits per heavy atom. The third-order valence-corrected chi connectivity index (χ3v) is 12.4. The Labute approximate surface area is 418 Å². The third-order valence-electron chi connectivity index (χ3n) is 11.9. The molecule has 0 aliphatic carbocycles. The summed E-state index contributed by atoms with van der Waals surface area (Å²) in [6.45, 7) is 7.00. The van der Waals surface area contributed by atoms with Gasteiger partial charge in [0, 0.05) is 29.2 Å². The van der Waals surface area contributed by atoms with Gasteiger partial charge in [0.05, 0.1) is 41.0 Å². The number of benzene rings is 5. The van der Waals surface area contributed by atoms with Crippen LogP contribution in [0.4, 0.5) is 13.2 Å². The number of amides is 1. The van der Waals surface area contributed by atoms with Crippen molar-refractivity contribution in [1.82, 2.24) is 25.7 Å². The number of methoxy groups -OCH3 is 1. The zero-order chi connectivity index (χ0) is 51.0. The standard InChI is InChI=1S/C18H18F3N3O2.C17H16BrN3O.C17H20N4O2/c1-17(11-24(25-2)16(22)23-17)14-7-3-5-12(9-14)13-6-4-8-15(10-13)26-18(19,20)21;1-12(22)20-16-19-11-17(21-16,13-6-3-2-4-7-13)14-8-5-9-15(18)10-14;1-17(11-21(23-3)16(18)20-17)14-6-4-5-12(9-14)13-7-8-15(22-2)19-10-13/h3-10H,11H2,1-2H3,(H2,22,23);2-10H,11H2,1H3,(H2,19,20,21,22);4-10H,11H2,1-3H3,(H2,18,20). The summed E-state index contributed by atoms with van der Waals surface area (Å²) in [6, 6.07) is 43.6. The first kappa shape index (κ1) is 51.4. The number of nitrogens with two attached hydrogens (primary N) is 2. The topological polar surface area (TPSA) is 187 Å². The lowest BCUT2D eigenvalue weighted by molar-refractivity contribution is -0.274. The van der Waals surface area contributed by atoms with Crippen LogP contribution in [0.5, 0.6) is 11.6 Å². The zero-order valence-electron chi connectivity index (χ0n) is 39.9. The van der Waals surface area contributed by atoms with Crippen LogP contribution >= 0.6 is 15.9 Å². The maximum atomic E-state index is 12.4. The van der Waals surface area contributed by atoms with Crippen molar-refractivity contribution in [3.8, 4) is 33.9 Å². The molecule has 0 spiro atoms. The number of halogens is 4. The smallest absolute Gasteiger partial charge is 0.481 e. The molecule has 5 aromatic carbocycles. The summed E-state index contributed by atoms with van der Waals surface area (Å²) in [5.74, 6) is 1.38. The van der Waals surface area contributed by atoms with Gasteiger partial charge in [-0.05, 0) is 95.3 Å². The van der Waals surface area contributed by atoms with Gasteiger partial charge in [-0.15, -0.1) is 13.2 Å². The number of carbonyl (C=O) groups is 1. The van der Waals surface area contributed by atoms with Gasteiger partial charge in [-0.25, -0.2) is 30.1 Å². The fraction of sp³-hybridized carbons (Fsp3) is 0.250. The highest BCUT2D eigenvalue weighted by Gasteiger charge is 2.40. The number of carbonyl (C=O) groups excluding carboxylic acids is 1. The van der Waals surface area contributed by atoms with Crippen molar-refractivity contribution in [1.29, 1.82) is 0 Å². The van der Waals surface area contributed by atoms with Gasteiger partial charge in [-0.3, -0.25) is 19.8 Å². The molecule has 15 nitrogen and oxygen atoms in total. The minimum Gasteiger partial charge on any atom is -0.481 e. The van der Waals surface area contributed by atoms with E-state index in [4.69, 9.17) is 25.9 Å². The molecule has 0 radical (unpaired) electrons. The van der Waals surface area contributed by atoms with Crippen molar-refractivity contribution in [2.24, 2.45) is 26.4 Å². The fourth-order valence-electron chi connectivity index (χ4n) is 8.34. The molecule has 3 unspecified atom stereocenters. The molecule has 0 saturated carbocycles. The molecular formula is C52H54BrF3N10O5. The molecule has 6 N–H and O–H groups in total. The zero-order valence-corrected chi connectivity index (χ0v) is 41.5. The molecular weight excluding hydrogens is 982 g/mol. The molecule has 1 amide bonds. The predicted molar refractivity (Wildman–Crippen MR) is 271 cm³/mol. The van der Waals surface area contributed by atoms with Crippen molar-refractivity contribution in [3.63, 3.8) is 0 Å². The Morgan fingerprint density at radius 1 is 0.690 bits per heavy atom. The monoisotopic (exact) mass is 1030 g/mol. The number of hydrogen-bond donors (Lipinski definition) is 4. The SMILES string of the molecule is CC(=O)NC1=NCC(c2ccccc2)(c2cccc(Br)c2)N1.CON1CC(C)(c2cccc(-c3cccc(OC(F)(F)F)c3)c2)N=C1N.COc1ccc(-c2cccc(C3(C)CN(OC)C(N)=N3)c2)cn1. The second kappa shape index (κ2) is 21.7. The van der Waals surface area contributed by atoms with Gasteiger partial charge in [0.25, 0.3) is 0 Å². The van der Waals surface area contributed by atoms with Crippen LogP contribution in [0.2, 0.25) is 0 Å². The van der Waals surface area contributed by atoms with Gasteiger partial charge >= 0.3 is 6.36 Å². The fourth-order valence-corrected chi connectivity index (χ4v) is 8.73. The third kappa shape index (κ3) is 12.3. The number of pyridine rings is 1. The number of nitrogens with zero attached hydrogens (tertiary/aromatic N) is 6. The van der Waals surface area contributed by atoms with Gasteiger partial charge in [0.2, 0.25) is 23.7 Å². The first-order valence-corrected chi connectivity index (χ1v) is 23.0. The van der Waals surface area contributed by atoms with E-state index in [1.807, 2.05) is 92.7 Å². The summed E-state index contributed by atoms with van der Waals surface area (Å²) in [5.41, 5.74) is 17.9. The summed E-state index contributed by atoms with van der Waals surface area (Å²) >= 11 is 3.53. The quantitative estimate of drug-likeness (QED) is 0.103. The maximum absolute atomic E-state index is 12.4. The minimum absolute atomic E-state index is 0.135. The number of nitrogens with one attached hydrogen (secondary N) is 2. The average Bonchev–Trinajstić information content (AvgIpc) is 4.03. The molecule has 4 heterocycles. The number of aromatic nitrogens is 1. The molecule has 6 aromatic rings. The van der Waals surface area contributed by atoms with Gasteiger partial charge in [-0.2, -0.15) is 0 Å². The van der Waals surface area contributed by atoms with Crippen LogP contribution in [0.3, 0.4) is 0 Å². The van der Waals surface area contributed by atoms with Crippen LogP contribution in [0.15, 0.2) is 165 Å². The van der Waals surface area contributed by atoms with E-state index in [2.05, 4.69) is 87.7 Å². The molecule has 370 valence electrons. The minimum atomic E-state index is -4.73. The number of alkyl halides is 3. The molecule has 0 bridgehead atoms. The lowest BCUT2D eigenvalue weighted by atomic mass is 9.83. The van der Waals surface area contributed by atoms with Crippen molar-refractivity contribution in [2.75, 3.05) is 41.0 Å². The molecule has 71 heavy (non-hydrogen) atoms. The van der Waals surface area contributed by atoms with E-state index < -0.39 is 23.0 Å². The largest absolute Gasteiger partial charge is 0.573 e. The van der Waals surface area contributed by atoms with Crippen molar-refractivity contribution < 1.29 is 37.1 Å². The van der Waals surface area contributed by atoms with E-state index in [1.54, 1.807) is 31.5 Å². The van der Waals surface area contributed by atoms with Crippen LogP contribution in [0.1, 0.15) is 43.0 Å². The summed E-state index contributed by atoms with van der Waals surface area (Å²) in [7, 11) is 4.71. The Morgan fingerprint density at radius 2 is 1.23 bits per heavy atom. The average molecular weight is 1040 g/mol. The van der Waals surface area contributed by atoms with Gasteiger partial charge in [0.15, 0.2) is 5.96 Å². The highest BCUT2D eigenvalue weighted by molar-refractivity contribution is 9.10. The summed E-state index contributed by atoms with van der Waals surface area (Å²) in [4.78, 5) is 39.5. The van der Waals surface area contributed by atoms with Gasteiger partial charge in [-0.1, -0.05) is 107 Å². The number of rotatable bonds is 10. The molecule has 3 atom stereocenters. The van der Waals surface area contributed by atoms with Crippen LogP contribution in [0.25, 0.3) is 22.3 Å². The summed E-state index contributed by atoms with van der Waals surface area (Å²) < 4.78 is 47.4. The molecule has 0 saturated heterocycles. The van der Waals surface area contributed by atoms with E-state index in [1.165, 1.54) is 37.3 Å². The lowest BCUT2D eigenvalue weighted by Gasteiger charge is -2.31. The van der Waals surface area contributed by atoms with Crippen LogP contribution in [-0.2, 0) is 31.1 Å². The summed E-state index contributed by atoms with van der Waals surface area (Å²) in [5, 5.41) is 9.22.